The zero-order chi connectivity index (χ0) is 19.3. The molecule has 2 amide bonds. The molecule has 1 aliphatic rings. The third-order valence-electron chi connectivity index (χ3n) is 4.19. The maximum Gasteiger partial charge on any atom is 0.328 e. The summed E-state index contributed by atoms with van der Waals surface area (Å²) in [6.45, 7) is 2.57. The van der Waals surface area contributed by atoms with Crippen molar-refractivity contribution in [2.75, 3.05) is 6.61 Å². The Balaban J connectivity index is 1.82. The van der Waals surface area contributed by atoms with Crippen molar-refractivity contribution in [3.8, 4) is 6.07 Å². The number of amides is 2. The molecule has 0 aromatic heterocycles. The molecule has 26 heavy (non-hydrogen) atoms. The van der Waals surface area contributed by atoms with Gasteiger partial charge in [-0.3, -0.25) is 9.59 Å². The maximum atomic E-state index is 12.1. The summed E-state index contributed by atoms with van der Waals surface area (Å²) >= 11 is 5.93. The van der Waals surface area contributed by atoms with E-state index >= 15 is 0 Å². The van der Waals surface area contributed by atoms with Crippen LogP contribution in [0.15, 0.2) is 24.3 Å². The van der Waals surface area contributed by atoms with Crippen molar-refractivity contribution in [1.29, 1.82) is 5.26 Å². The SMILES string of the molecule is CC(NC(=O)c1ccccc1Cl)C(=O)OCC(=O)NC(C)(C#N)C1CC1. The van der Waals surface area contributed by atoms with E-state index in [1.165, 1.54) is 13.0 Å². The summed E-state index contributed by atoms with van der Waals surface area (Å²) in [4.78, 5) is 36.0. The fourth-order valence-electron chi connectivity index (χ4n) is 2.45. The van der Waals surface area contributed by atoms with E-state index in [4.69, 9.17) is 16.3 Å². The maximum absolute atomic E-state index is 12.1. The van der Waals surface area contributed by atoms with Crippen molar-refractivity contribution in [3.63, 3.8) is 0 Å². The number of nitrogens with zero attached hydrogens (tertiary/aromatic N) is 1. The second kappa shape index (κ2) is 8.19. The second-order valence-corrected chi connectivity index (χ2v) is 6.83. The third-order valence-corrected chi connectivity index (χ3v) is 4.52. The second-order valence-electron chi connectivity index (χ2n) is 6.42. The van der Waals surface area contributed by atoms with Gasteiger partial charge in [-0.25, -0.2) is 4.79 Å². The molecule has 1 saturated carbocycles. The Bertz CT molecular complexity index is 757. The fourth-order valence-corrected chi connectivity index (χ4v) is 2.67. The lowest BCUT2D eigenvalue weighted by Crippen LogP contribution is -2.49. The topological polar surface area (TPSA) is 108 Å². The molecular formula is C18H20ClN3O4. The fraction of sp³-hybridized carbons (Fsp3) is 0.444. The zero-order valence-electron chi connectivity index (χ0n) is 14.5. The van der Waals surface area contributed by atoms with Crippen LogP contribution in [0.25, 0.3) is 0 Å². The van der Waals surface area contributed by atoms with Crippen LogP contribution in [0, 0.1) is 17.2 Å². The summed E-state index contributed by atoms with van der Waals surface area (Å²) in [5.41, 5.74) is -0.714. The van der Waals surface area contributed by atoms with Crippen LogP contribution in [0.2, 0.25) is 5.02 Å². The predicted octanol–water partition coefficient (Wildman–Crippen LogP) is 1.81. The van der Waals surface area contributed by atoms with Crippen LogP contribution in [0.1, 0.15) is 37.0 Å². The number of carbonyl (C=O) groups excluding carboxylic acids is 3. The molecule has 0 aliphatic heterocycles. The van der Waals surface area contributed by atoms with E-state index < -0.39 is 36.0 Å². The molecule has 0 bridgehead atoms. The van der Waals surface area contributed by atoms with Crippen LogP contribution in [0.3, 0.4) is 0 Å². The highest BCUT2D eigenvalue weighted by Crippen LogP contribution is 2.39. The van der Waals surface area contributed by atoms with E-state index in [0.29, 0.717) is 0 Å². The van der Waals surface area contributed by atoms with Gasteiger partial charge in [-0.05, 0) is 44.7 Å². The highest BCUT2D eigenvalue weighted by Gasteiger charge is 2.43. The predicted molar refractivity (Wildman–Crippen MR) is 94.2 cm³/mol. The molecule has 1 aromatic carbocycles. The first kappa shape index (κ1) is 19.7. The highest BCUT2D eigenvalue weighted by molar-refractivity contribution is 6.33. The molecule has 2 N–H and O–H groups in total. The van der Waals surface area contributed by atoms with Crippen molar-refractivity contribution >= 4 is 29.4 Å². The summed E-state index contributed by atoms with van der Waals surface area (Å²) in [6.07, 6.45) is 1.77. The molecular weight excluding hydrogens is 358 g/mol. The van der Waals surface area contributed by atoms with Crippen LogP contribution in [-0.4, -0.2) is 36.0 Å². The van der Waals surface area contributed by atoms with Gasteiger partial charge in [-0.15, -0.1) is 0 Å². The third kappa shape index (κ3) is 4.96. The Labute approximate surface area is 156 Å². The van der Waals surface area contributed by atoms with Crippen molar-refractivity contribution in [2.24, 2.45) is 5.92 Å². The average Bonchev–Trinajstić information content (AvgIpc) is 3.45. The van der Waals surface area contributed by atoms with Gasteiger partial charge in [-0.1, -0.05) is 23.7 Å². The Morgan fingerprint density at radius 1 is 1.38 bits per heavy atom. The number of hydrogen-bond acceptors (Lipinski definition) is 5. The molecule has 1 aromatic rings. The number of nitrogens with one attached hydrogen (secondary N) is 2. The van der Waals surface area contributed by atoms with Crippen LogP contribution < -0.4 is 10.6 Å². The molecule has 2 rings (SSSR count). The molecule has 2 unspecified atom stereocenters. The quantitative estimate of drug-likeness (QED) is 0.704. The lowest BCUT2D eigenvalue weighted by atomic mass is 9.98. The first-order chi connectivity index (χ1) is 12.3. The van der Waals surface area contributed by atoms with Crippen molar-refractivity contribution in [2.45, 2.75) is 38.3 Å². The molecule has 0 spiro atoms. The van der Waals surface area contributed by atoms with Gasteiger partial charge in [0.05, 0.1) is 16.7 Å². The Kier molecular flexibility index (Phi) is 6.22. The Morgan fingerprint density at radius 3 is 2.62 bits per heavy atom. The lowest BCUT2D eigenvalue weighted by Gasteiger charge is -2.23. The highest BCUT2D eigenvalue weighted by atomic mass is 35.5. The van der Waals surface area contributed by atoms with E-state index in [2.05, 4.69) is 16.7 Å². The minimum Gasteiger partial charge on any atom is -0.454 e. The number of rotatable bonds is 7. The van der Waals surface area contributed by atoms with Gasteiger partial charge >= 0.3 is 5.97 Å². The number of ether oxygens (including phenoxy) is 1. The minimum absolute atomic E-state index is 0.126. The van der Waals surface area contributed by atoms with E-state index in [-0.39, 0.29) is 16.5 Å². The molecule has 8 heteroatoms. The summed E-state index contributed by atoms with van der Waals surface area (Å²) in [7, 11) is 0. The summed E-state index contributed by atoms with van der Waals surface area (Å²) in [6, 6.07) is 7.56. The van der Waals surface area contributed by atoms with Gasteiger partial charge < -0.3 is 15.4 Å². The standard InChI is InChI=1S/C18H20ClN3O4/c1-11(21-16(24)13-5-3-4-6-14(13)19)17(25)26-9-15(23)22-18(2,10-20)12-7-8-12/h3-6,11-12H,7-9H2,1-2H3,(H,21,24)(H,22,23). The first-order valence-electron chi connectivity index (χ1n) is 8.21. The first-order valence-corrected chi connectivity index (χ1v) is 8.59. The van der Waals surface area contributed by atoms with Crippen molar-refractivity contribution < 1.29 is 19.1 Å². The molecule has 138 valence electrons. The van der Waals surface area contributed by atoms with Gasteiger partial charge in [-0.2, -0.15) is 5.26 Å². The van der Waals surface area contributed by atoms with Gasteiger partial charge in [0.2, 0.25) is 0 Å². The van der Waals surface area contributed by atoms with E-state index in [1.54, 1.807) is 25.1 Å². The number of hydrogen-bond donors (Lipinski definition) is 2. The summed E-state index contributed by atoms with van der Waals surface area (Å²) in [5, 5.41) is 14.5. The number of benzene rings is 1. The van der Waals surface area contributed by atoms with E-state index in [0.717, 1.165) is 12.8 Å². The number of nitriles is 1. The lowest BCUT2D eigenvalue weighted by molar-refractivity contribution is -0.150. The molecule has 2 atom stereocenters. The van der Waals surface area contributed by atoms with Crippen LogP contribution >= 0.6 is 11.6 Å². The monoisotopic (exact) mass is 377 g/mol. The average molecular weight is 378 g/mol. The van der Waals surface area contributed by atoms with Gasteiger partial charge in [0.15, 0.2) is 6.61 Å². The van der Waals surface area contributed by atoms with Crippen LogP contribution in [0.4, 0.5) is 0 Å². The molecule has 0 saturated heterocycles. The number of carbonyl (C=O) groups is 3. The zero-order valence-corrected chi connectivity index (χ0v) is 15.3. The summed E-state index contributed by atoms with van der Waals surface area (Å²) in [5.74, 6) is -1.71. The molecule has 0 heterocycles. The van der Waals surface area contributed by atoms with Crippen LogP contribution in [0.5, 0.6) is 0 Å². The number of esters is 1. The van der Waals surface area contributed by atoms with E-state index in [1.807, 2.05) is 0 Å². The minimum atomic E-state index is -0.961. The molecule has 7 nitrogen and oxygen atoms in total. The van der Waals surface area contributed by atoms with E-state index in [9.17, 15) is 19.6 Å². The normalized spacial score (nSPS) is 16.5. The Hall–Kier alpha value is -2.59. The molecule has 1 aliphatic carbocycles. The Morgan fingerprint density at radius 2 is 2.04 bits per heavy atom. The van der Waals surface area contributed by atoms with Crippen molar-refractivity contribution in [1.82, 2.24) is 10.6 Å². The van der Waals surface area contributed by atoms with Gasteiger partial charge in [0.1, 0.15) is 11.6 Å². The van der Waals surface area contributed by atoms with Crippen molar-refractivity contribution in [3.05, 3.63) is 34.9 Å². The molecule has 1 fully saturated rings. The smallest absolute Gasteiger partial charge is 0.328 e. The van der Waals surface area contributed by atoms with Gasteiger partial charge in [0.25, 0.3) is 11.8 Å². The molecule has 0 radical (unpaired) electrons. The summed E-state index contributed by atoms with van der Waals surface area (Å²) < 4.78 is 4.92. The van der Waals surface area contributed by atoms with Gasteiger partial charge in [0, 0.05) is 0 Å². The van der Waals surface area contributed by atoms with Crippen LogP contribution in [-0.2, 0) is 14.3 Å². The largest absolute Gasteiger partial charge is 0.454 e. The number of halogens is 1.